The summed E-state index contributed by atoms with van der Waals surface area (Å²) in [5, 5.41) is 0. The van der Waals surface area contributed by atoms with E-state index in [-0.39, 0.29) is 13.2 Å². The average Bonchev–Trinajstić information content (AvgIpc) is 1.97. The highest BCUT2D eigenvalue weighted by atomic mass is 19.1. The fourth-order valence-corrected chi connectivity index (χ4v) is 0.533. The lowest BCUT2D eigenvalue weighted by atomic mass is 10.2. The van der Waals surface area contributed by atoms with Gasteiger partial charge in [0.2, 0.25) is 0 Å². The van der Waals surface area contributed by atoms with Crippen molar-refractivity contribution >= 4 is 0 Å². The van der Waals surface area contributed by atoms with Gasteiger partial charge in [-0.05, 0) is 26.0 Å². The van der Waals surface area contributed by atoms with E-state index in [1.807, 2.05) is 13.8 Å². The molecule has 0 aliphatic heterocycles. The van der Waals surface area contributed by atoms with Gasteiger partial charge < -0.3 is 0 Å². The van der Waals surface area contributed by atoms with E-state index in [1.165, 1.54) is 12.1 Å². The Balaban J connectivity index is 0. The van der Waals surface area contributed by atoms with E-state index >= 15 is 0 Å². The molecule has 12 heavy (non-hydrogen) atoms. The first-order valence-electron chi connectivity index (χ1n) is 3.50. The molecule has 1 aromatic rings. The third-order valence-electron chi connectivity index (χ3n) is 1.01. The van der Waals surface area contributed by atoms with E-state index in [0.29, 0.717) is 0 Å². The highest BCUT2D eigenvalue weighted by molar-refractivity contribution is 5.13. The molecule has 0 atom stereocenters. The van der Waals surface area contributed by atoms with E-state index in [4.69, 9.17) is 0 Å². The molecule has 0 fully saturated rings. The van der Waals surface area contributed by atoms with Crippen molar-refractivity contribution in [1.29, 1.82) is 0 Å². The summed E-state index contributed by atoms with van der Waals surface area (Å²) in [6.07, 6.45) is 1.75. The summed E-state index contributed by atoms with van der Waals surface area (Å²) >= 11 is 0. The lowest BCUT2D eigenvalue weighted by molar-refractivity contribution is 0.627. The summed E-state index contributed by atoms with van der Waals surface area (Å²) in [4.78, 5) is 0. The molecule has 0 unspecified atom stereocenters. The number of hydrogen-bond acceptors (Lipinski definition) is 0. The van der Waals surface area contributed by atoms with E-state index < -0.39 is 0 Å². The number of halogens is 1. The zero-order valence-electron chi connectivity index (χ0n) is 6.97. The maximum atomic E-state index is 12.1. The number of aryl methyl sites for hydroxylation is 1. The standard InChI is InChI=1S/C7H7F.C3H6.CH4/c1-6-2-4-7(8)5-3-6;1-3-2;/h2-5H,1H3;3H,1H2,2H3;1H4. The largest absolute Gasteiger partial charge is 0.207 e. The predicted molar refractivity (Wildman–Crippen MR) is 53.7 cm³/mol. The zero-order chi connectivity index (χ0) is 8.69. The molecule has 0 saturated carbocycles. The molecule has 0 aliphatic carbocycles. The van der Waals surface area contributed by atoms with Crippen LogP contribution in [0.1, 0.15) is 19.9 Å². The molecule has 0 N–H and O–H groups in total. The first-order chi connectivity index (χ1) is 5.20. The second kappa shape index (κ2) is 7.99. The van der Waals surface area contributed by atoms with Gasteiger partial charge in [0.25, 0.3) is 0 Å². The van der Waals surface area contributed by atoms with Crippen molar-refractivity contribution in [2.75, 3.05) is 0 Å². The molecule has 1 rings (SSSR count). The van der Waals surface area contributed by atoms with Gasteiger partial charge in [0.1, 0.15) is 5.82 Å². The number of allylic oxidation sites excluding steroid dienone is 1. The lowest BCUT2D eigenvalue weighted by Crippen LogP contribution is -1.71. The Labute approximate surface area is 74.7 Å². The first-order valence-corrected chi connectivity index (χ1v) is 3.50. The topological polar surface area (TPSA) is 0 Å². The van der Waals surface area contributed by atoms with Crippen molar-refractivity contribution in [3.63, 3.8) is 0 Å². The Bertz CT molecular complexity index is 178. The molecular formula is C11H17F. The molecule has 0 bridgehead atoms. The van der Waals surface area contributed by atoms with Crippen LogP contribution in [0, 0.1) is 12.7 Å². The molecular weight excluding hydrogens is 151 g/mol. The van der Waals surface area contributed by atoms with Gasteiger partial charge in [-0.25, -0.2) is 4.39 Å². The van der Waals surface area contributed by atoms with E-state index in [1.54, 1.807) is 18.2 Å². The fraction of sp³-hybridized carbons (Fsp3) is 0.273. The summed E-state index contributed by atoms with van der Waals surface area (Å²) in [6, 6.07) is 6.40. The van der Waals surface area contributed by atoms with Crippen LogP contribution in [-0.2, 0) is 0 Å². The molecule has 1 heteroatoms. The molecule has 1 aromatic carbocycles. The molecule has 68 valence electrons. The summed E-state index contributed by atoms with van der Waals surface area (Å²) in [6.45, 7) is 7.18. The summed E-state index contributed by atoms with van der Waals surface area (Å²) in [7, 11) is 0. The Morgan fingerprint density at radius 2 is 1.58 bits per heavy atom. The Kier molecular flexibility index (Phi) is 8.98. The van der Waals surface area contributed by atoms with Crippen LogP contribution in [0.2, 0.25) is 0 Å². The fourth-order valence-electron chi connectivity index (χ4n) is 0.533. The van der Waals surface area contributed by atoms with Gasteiger partial charge in [-0.2, -0.15) is 0 Å². The summed E-state index contributed by atoms with van der Waals surface area (Å²) in [5.74, 6) is -0.171. The van der Waals surface area contributed by atoms with Crippen molar-refractivity contribution in [1.82, 2.24) is 0 Å². The van der Waals surface area contributed by atoms with Gasteiger partial charge in [0.05, 0.1) is 0 Å². The van der Waals surface area contributed by atoms with Crippen LogP contribution in [0.3, 0.4) is 0 Å². The molecule has 0 amide bonds. The van der Waals surface area contributed by atoms with Gasteiger partial charge in [-0.15, -0.1) is 6.58 Å². The first kappa shape index (κ1) is 13.5. The maximum absolute atomic E-state index is 12.1. The Hall–Kier alpha value is -1.11. The highest BCUT2D eigenvalue weighted by Gasteiger charge is 1.83. The SMILES string of the molecule is C.C=CC.Cc1ccc(F)cc1. The molecule has 0 radical (unpaired) electrons. The van der Waals surface area contributed by atoms with Crippen LogP contribution in [0.25, 0.3) is 0 Å². The zero-order valence-corrected chi connectivity index (χ0v) is 6.97. The van der Waals surface area contributed by atoms with Crippen molar-refractivity contribution < 1.29 is 4.39 Å². The smallest absolute Gasteiger partial charge is 0.123 e. The number of hydrogen-bond donors (Lipinski definition) is 0. The average molecular weight is 168 g/mol. The molecule has 0 aromatic heterocycles. The van der Waals surface area contributed by atoms with Gasteiger partial charge in [0.15, 0.2) is 0 Å². The van der Waals surface area contributed by atoms with Crippen LogP contribution >= 0.6 is 0 Å². The van der Waals surface area contributed by atoms with Crippen molar-refractivity contribution in [3.05, 3.63) is 48.3 Å². The Morgan fingerprint density at radius 3 is 1.83 bits per heavy atom. The number of benzene rings is 1. The molecule has 0 aliphatic rings. The minimum atomic E-state index is -0.171. The monoisotopic (exact) mass is 168 g/mol. The van der Waals surface area contributed by atoms with Crippen LogP contribution in [0.5, 0.6) is 0 Å². The normalized spacial score (nSPS) is 7.25. The van der Waals surface area contributed by atoms with E-state index in [0.717, 1.165) is 5.56 Å². The predicted octanol–water partition coefficient (Wildman–Crippen LogP) is 3.96. The van der Waals surface area contributed by atoms with Crippen LogP contribution in [0.15, 0.2) is 36.9 Å². The second-order valence-corrected chi connectivity index (χ2v) is 2.20. The number of rotatable bonds is 0. The second-order valence-electron chi connectivity index (χ2n) is 2.20. The van der Waals surface area contributed by atoms with E-state index in [9.17, 15) is 4.39 Å². The quantitative estimate of drug-likeness (QED) is 0.514. The van der Waals surface area contributed by atoms with Crippen molar-refractivity contribution in [2.24, 2.45) is 0 Å². The summed E-state index contributed by atoms with van der Waals surface area (Å²) in [5.41, 5.74) is 1.09. The van der Waals surface area contributed by atoms with Gasteiger partial charge in [0, 0.05) is 0 Å². The van der Waals surface area contributed by atoms with Crippen molar-refractivity contribution in [2.45, 2.75) is 21.3 Å². The third kappa shape index (κ3) is 7.00. The third-order valence-corrected chi connectivity index (χ3v) is 1.01. The molecule has 0 saturated heterocycles. The van der Waals surface area contributed by atoms with Gasteiger partial charge in [-0.1, -0.05) is 31.2 Å². The van der Waals surface area contributed by atoms with Crippen molar-refractivity contribution in [3.8, 4) is 0 Å². The minimum absolute atomic E-state index is 0. The van der Waals surface area contributed by atoms with Gasteiger partial charge >= 0.3 is 0 Å². The van der Waals surface area contributed by atoms with E-state index in [2.05, 4.69) is 6.58 Å². The minimum Gasteiger partial charge on any atom is -0.207 e. The van der Waals surface area contributed by atoms with Crippen LogP contribution < -0.4 is 0 Å². The highest BCUT2D eigenvalue weighted by Crippen LogP contribution is 1.98. The molecule has 0 heterocycles. The molecule has 0 spiro atoms. The van der Waals surface area contributed by atoms with Gasteiger partial charge in [-0.3, -0.25) is 0 Å². The lowest BCUT2D eigenvalue weighted by Gasteiger charge is -1.87. The van der Waals surface area contributed by atoms with Crippen LogP contribution in [0.4, 0.5) is 4.39 Å². The summed E-state index contributed by atoms with van der Waals surface area (Å²) < 4.78 is 12.1. The van der Waals surface area contributed by atoms with Crippen LogP contribution in [-0.4, -0.2) is 0 Å². The Morgan fingerprint density at radius 1 is 1.25 bits per heavy atom. The maximum Gasteiger partial charge on any atom is 0.123 e. The molecule has 0 nitrogen and oxygen atoms in total.